The summed E-state index contributed by atoms with van der Waals surface area (Å²) in [6.45, 7) is 8.90. The van der Waals surface area contributed by atoms with E-state index in [9.17, 15) is 14.4 Å². The summed E-state index contributed by atoms with van der Waals surface area (Å²) in [7, 11) is 0. The second-order valence-electron chi connectivity index (χ2n) is 13.6. The molecular weight excluding hydrogens is 628 g/mol. The predicted molar refractivity (Wildman–Crippen MR) is 184 cm³/mol. The third kappa shape index (κ3) is 10.6. The number of amides is 2. The summed E-state index contributed by atoms with van der Waals surface area (Å²) in [5.74, 6) is -0.867. The van der Waals surface area contributed by atoms with Crippen LogP contribution < -0.4 is 5.32 Å². The number of esters is 1. The maximum Gasteiger partial charge on any atom is 0.411 e. The van der Waals surface area contributed by atoms with Crippen LogP contribution in [0.2, 0.25) is 0 Å². The molecule has 258 valence electrons. The molecule has 2 aliphatic rings. The number of nitrogens with zero attached hydrogens (tertiary/aromatic N) is 3. The second-order valence-corrected chi connectivity index (χ2v) is 14.6. The number of carbonyl (C=O) groups is 3. The molecule has 4 atom stereocenters. The van der Waals surface area contributed by atoms with Gasteiger partial charge in [0.15, 0.2) is 0 Å². The number of ether oxygens (including phenoxy) is 3. The molecule has 0 saturated carbocycles. The van der Waals surface area contributed by atoms with Gasteiger partial charge in [-0.3, -0.25) is 24.4 Å². The van der Waals surface area contributed by atoms with Crippen LogP contribution in [0.1, 0.15) is 56.0 Å². The van der Waals surface area contributed by atoms with E-state index < -0.39 is 23.7 Å². The Bertz CT molecular complexity index is 1440. The van der Waals surface area contributed by atoms with Gasteiger partial charge in [-0.05, 0) is 64.0 Å². The second kappa shape index (κ2) is 17.0. The minimum absolute atomic E-state index is 0.0355. The molecule has 11 heteroatoms. The number of carbonyl (C=O) groups excluding carboxylic acids is 3. The van der Waals surface area contributed by atoms with Crippen molar-refractivity contribution in [3.63, 3.8) is 0 Å². The van der Waals surface area contributed by atoms with Crippen LogP contribution in [0.25, 0.3) is 0 Å². The van der Waals surface area contributed by atoms with Gasteiger partial charge in [-0.2, -0.15) is 0 Å². The highest BCUT2D eigenvalue weighted by molar-refractivity contribution is 7.09. The Hall–Kier alpha value is -3.80. The van der Waals surface area contributed by atoms with E-state index in [-0.39, 0.29) is 30.6 Å². The zero-order valence-electron chi connectivity index (χ0n) is 28.2. The van der Waals surface area contributed by atoms with E-state index in [4.69, 9.17) is 14.2 Å². The van der Waals surface area contributed by atoms with Crippen molar-refractivity contribution in [2.24, 2.45) is 5.92 Å². The Morgan fingerprint density at radius 1 is 0.979 bits per heavy atom. The fraction of sp³-hybridized carbons (Fsp3) is 0.514. The van der Waals surface area contributed by atoms with Crippen LogP contribution in [-0.2, 0) is 43.2 Å². The minimum Gasteiger partial charge on any atom is -0.460 e. The van der Waals surface area contributed by atoms with Crippen molar-refractivity contribution >= 4 is 29.3 Å². The molecule has 2 aliphatic heterocycles. The number of hydrogen-bond acceptors (Lipinski definition) is 9. The quantitative estimate of drug-likeness (QED) is 0.244. The summed E-state index contributed by atoms with van der Waals surface area (Å²) in [6.07, 6.45) is 3.94. The van der Waals surface area contributed by atoms with Gasteiger partial charge in [0, 0.05) is 37.9 Å². The number of rotatable bonds is 13. The lowest BCUT2D eigenvalue weighted by Gasteiger charge is -2.32. The Morgan fingerprint density at radius 2 is 1.65 bits per heavy atom. The molecule has 0 spiro atoms. The maximum absolute atomic E-state index is 14.2. The molecule has 5 rings (SSSR count). The molecule has 0 radical (unpaired) electrons. The molecule has 48 heavy (non-hydrogen) atoms. The number of nitrogens with one attached hydrogen (secondary N) is 1. The molecule has 10 nitrogen and oxygen atoms in total. The van der Waals surface area contributed by atoms with Crippen LogP contribution in [0, 0.1) is 5.92 Å². The van der Waals surface area contributed by atoms with Gasteiger partial charge in [0.1, 0.15) is 18.2 Å². The lowest BCUT2D eigenvalue weighted by molar-refractivity contribution is -0.150. The highest BCUT2D eigenvalue weighted by Gasteiger charge is 2.44. The van der Waals surface area contributed by atoms with Crippen LogP contribution in [0.15, 0.2) is 72.4 Å². The van der Waals surface area contributed by atoms with Crippen molar-refractivity contribution in [2.45, 2.75) is 83.2 Å². The first-order chi connectivity index (χ1) is 23.1. The normalized spacial score (nSPS) is 19.8. The van der Waals surface area contributed by atoms with Gasteiger partial charge in [0.2, 0.25) is 5.91 Å². The average molecular weight is 677 g/mol. The van der Waals surface area contributed by atoms with E-state index >= 15 is 0 Å². The van der Waals surface area contributed by atoms with Crippen molar-refractivity contribution in [3.8, 4) is 0 Å². The van der Waals surface area contributed by atoms with E-state index in [0.29, 0.717) is 51.9 Å². The summed E-state index contributed by atoms with van der Waals surface area (Å²) < 4.78 is 17.1. The largest absolute Gasteiger partial charge is 0.460 e. The van der Waals surface area contributed by atoms with Crippen molar-refractivity contribution in [1.82, 2.24) is 20.1 Å². The monoisotopic (exact) mass is 676 g/mol. The van der Waals surface area contributed by atoms with Crippen LogP contribution >= 0.6 is 11.3 Å². The van der Waals surface area contributed by atoms with E-state index in [2.05, 4.69) is 15.2 Å². The molecule has 2 fully saturated rings. The van der Waals surface area contributed by atoms with Crippen molar-refractivity contribution in [1.29, 1.82) is 0 Å². The summed E-state index contributed by atoms with van der Waals surface area (Å²) >= 11 is 1.45. The van der Waals surface area contributed by atoms with Crippen LogP contribution in [-0.4, -0.2) is 89.3 Å². The maximum atomic E-state index is 14.2. The van der Waals surface area contributed by atoms with Gasteiger partial charge in [0.05, 0.1) is 29.5 Å². The Morgan fingerprint density at radius 3 is 2.27 bits per heavy atom. The highest BCUT2D eigenvalue weighted by atomic mass is 32.1. The molecule has 0 bridgehead atoms. The first-order valence-electron chi connectivity index (χ1n) is 16.9. The summed E-state index contributed by atoms with van der Waals surface area (Å²) in [4.78, 5) is 49.9. The lowest BCUT2D eigenvalue weighted by Crippen LogP contribution is -2.50. The number of hydrogen-bond donors (Lipinski definition) is 1. The van der Waals surface area contributed by atoms with Crippen LogP contribution in [0.3, 0.4) is 0 Å². The summed E-state index contributed by atoms with van der Waals surface area (Å²) in [6, 6.07) is 19.0. The zero-order valence-corrected chi connectivity index (χ0v) is 29.0. The van der Waals surface area contributed by atoms with Crippen molar-refractivity contribution in [2.75, 3.05) is 32.8 Å². The van der Waals surface area contributed by atoms with Gasteiger partial charge in [-0.25, -0.2) is 4.79 Å². The van der Waals surface area contributed by atoms with Crippen molar-refractivity contribution in [3.05, 3.63) is 88.4 Å². The Labute approximate surface area is 287 Å². The molecule has 3 aromatic rings. The van der Waals surface area contributed by atoms with Gasteiger partial charge >= 0.3 is 12.1 Å². The van der Waals surface area contributed by atoms with E-state index in [1.807, 2.05) is 81.4 Å². The van der Waals surface area contributed by atoms with E-state index in [1.54, 1.807) is 16.6 Å². The number of likely N-dealkylation sites (tertiary alicyclic amines) is 1. The molecule has 2 aromatic carbocycles. The minimum atomic E-state index is -0.687. The molecule has 3 heterocycles. The number of morpholine rings is 1. The fourth-order valence-electron chi connectivity index (χ4n) is 6.39. The van der Waals surface area contributed by atoms with Crippen LogP contribution in [0.4, 0.5) is 4.79 Å². The summed E-state index contributed by atoms with van der Waals surface area (Å²) in [5.41, 5.74) is 3.16. The topological polar surface area (TPSA) is 110 Å². The zero-order chi connectivity index (χ0) is 33.9. The van der Waals surface area contributed by atoms with Crippen LogP contribution in [0.5, 0.6) is 0 Å². The number of thiazole rings is 1. The van der Waals surface area contributed by atoms with Gasteiger partial charge in [-0.1, -0.05) is 60.7 Å². The fourth-order valence-corrected chi connectivity index (χ4v) is 6.90. The number of aromatic nitrogens is 1. The summed E-state index contributed by atoms with van der Waals surface area (Å²) in [5, 5.41) is 3.30. The molecule has 0 unspecified atom stereocenters. The third-order valence-electron chi connectivity index (χ3n) is 8.81. The first-order valence-corrected chi connectivity index (χ1v) is 17.8. The molecule has 1 N–H and O–H groups in total. The molecule has 0 aliphatic carbocycles. The Kier molecular flexibility index (Phi) is 12.6. The first kappa shape index (κ1) is 35.5. The Balaban J connectivity index is 1.32. The van der Waals surface area contributed by atoms with Gasteiger partial charge in [-0.15, -0.1) is 11.3 Å². The standard InChI is InChI=1S/C37H48N4O6S/c1-37(2,3)47-36(44)41-24-31(40-16-18-45-19-17-40)22-33(41)34(42)39-30(21-28-12-8-5-9-13-28)15-14-29(20-27-10-6-4-7-11-27)35(43)46-25-32-23-38-26-48-32/h4-13,23,26,29-31,33H,14-22,24-25H2,1-3H3,(H,39,42)/t29-,30-,31+,33-/m0/s1. The van der Waals surface area contributed by atoms with Crippen molar-refractivity contribution < 1.29 is 28.6 Å². The van der Waals surface area contributed by atoms with E-state index in [1.165, 1.54) is 11.3 Å². The smallest absolute Gasteiger partial charge is 0.411 e. The van der Waals surface area contributed by atoms with E-state index in [0.717, 1.165) is 29.1 Å². The molecule has 2 saturated heterocycles. The highest BCUT2D eigenvalue weighted by Crippen LogP contribution is 2.27. The predicted octanol–water partition coefficient (Wildman–Crippen LogP) is 5.26. The van der Waals surface area contributed by atoms with Gasteiger partial charge in [0.25, 0.3) is 0 Å². The number of benzene rings is 2. The molecular formula is C37H48N4O6S. The molecule has 2 amide bonds. The average Bonchev–Trinajstić information content (AvgIpc) is 3.77. The third-order valence-corrected chi connectivity index (χ3v) is 9.56. The lowest BCUT2D eigenvalue weighted by atomic mass is 9.91. The SMILES string of the molecule is CC(C)(C)OC(=O)N1C[C@H](N2CCOCC2)C[C@H]1C(=O)N[C@@H](CC[C@@H](Cc1ccccc1)C(=O)OCc1cncs1)Cc1ccccc1. The molecule has 1 aromatic heterocycles. The van der Waals surface area contributed by atoms with Gasteiger partial charge < -0.3 is 19.5 Å².